The average Bonchev–Trinajstić information content (AvgIpc) is 3.04. The molecule has 0 saturated heterocycles. The summed E-state index contributed by atoms with van der Waals surface area (Å²) >= 11 is 0. The van der Waals surface area contributed by atoms with Crippen molar-refractivity contribution in [3.05, 3.63) is 135 Å². The molecule has 5 aromatic rings. The minimum Gasteiger partial charge on any atom is -0.451 e. The molecule has 228 valence electrons. The first-order valence-corrected chi connectivity index (χ1v) is 14.7. The van der Waals surface area contributed by atoms with Crippen molar-refractivity contribution in [2.45, 2.75) is 33.6 Å². The highest BCUT2D eigenvalue weighted by atomic mass is 16.3. The molecular formula is C36H34N4O5. The second-order valence-corrected chi connectivity index (χ2v) is 10.8. The third kappa shape index (κ3) is 7.51. The van der Waals surface area contributed by atoms with Crippen LogP contribution in [-0.4, -0.2) is 40.7 Å². The Bertz CT molecular complexity index is 1920. The predicted molar refractivity (Wildman–Crippen MR) is 175 cm³/mol. The zero-order valence-electron chi connectivity index (χ0n) is 25.4. The first kappa shape index (κ1) is 30.9. The molecule has 3 amide bonds. The van der Waals surface area contributed by atoms with Crippen LogP contribution in [0.4, 0.5) is 11.4 Å². The lowest BCUT2D eigenvalue weighted by Crippen LogP contribution is -2.34. The zero-order chi connectivity index (χ0) is 31.9. The number of aryl methyl sites for hydroxylation is 2. The number of fused-ring (bicyclic) bond motifs is 1. The number of pyridine rings is 1. The maximum Gasteiger partial charge on any atom is 0.291 e. The molecule has 3 aromatic carbocycles. The second kappa shape index (κ2) is 13.8. The zero-order valence-corrected chi connectivity index (χ0v) is 25.4. The van der Waals surface area contributed by atoms with Gasteiger partial charge in [0.25, 0.3) is 11.8 Å². The van der Waals surface area contributed by atoms with Gasteiger partial charge in [-0.25, -0.2) is 0 Å². The second-order valence-electron chi connectivity index (χ2n) is 10.8. The van der Waals surface area contributed by atoms with Crippen LogP contribution in [0.3, 0.4) is 0 Å². The number of carbonyl (C=O) groups excluding carboxylic acids is 3. The first-order valence-electron chi connectivity index (χ1n) is 14.7. The third-order valence-corrected chi connectivity index (χ3v) is 7.66. The van der Waals surface area contributed by atoms with Gasteiger partial charge in [0.2, 0.25) is 5.91 Å². The summed E-state index contributed by atoms with van der Waals surface area (Å²) in [6.45, 7) is 6.89. The SMILES string of the molecule is CCN(CCc1ccc(NC(=O)c2cc(C)c(C)cc2NC(=O)c2cc(=O)c3ccccc3o2)cc1)C(=O)Cc1ccccn1. The van der Waals surface area contributed by atoms with Gasteiger partial charge in [-0.1, -0.05) is 30.3 Å². The van der Waals surface area contributed by atoms with Gasteiger partial charge in [0.15, 0.2) is 11.2 Å². The fourth-order valence-corrected chi connectivity index (χ4v) is 4.95. The molecule has 2 aromatic heterocycles. The van der Waals surface area contributed by atoms with Crippen LogP contribution in [0.5, 0.6) is 0 Å². The summed E-state index contributed by atoms with van der Waals surface area (Å²) in [7, 11) is 0. The minimum atomic E-state index is -0.640. The first-order chi connectivity index (χ1) is 21.7. The number of benzene rings is 3. The highest BCUT2D eigenvalue weighted by Crippen LogP contribution is 2.24. The minimum absolute atomic E-state index is 0.0270. The Kier molecular flexibility index (Phi) is 9.48. The van der Waals surface area contributed by atoms with Crippen LogP contribution in [0.1, 0.15) is 50.2 Å². The molecule has 2 N–H and O–H groups in total. The molecule has 5 rings (SSSR count). The van der Waals surface area contributed by atoms with E-state index in [0.717, 1.165) is 28.5 Å². The molecule has 0 bridgehead atoms. The number of rotatable bonds is 10. The molecule has 0 spiro atoms. The van der Waals surface area contributed by atoms with E-state index in [4.69, 9.17) is 4.42 Å². The topological polar surface area (TPSA) is 122 Å². The van der Waals surface area contributed by atoms with Crippen molar-refractivity contribution in [2.75, 3.05) is 23.7 Å². The molecule has 0 aliphatic rings. The predicted octanol–water partition coefficient (Wildman–Crippen LogP) is 5.94. The summed E-state index contributed by atoms with van der Waals surface area (Å²) in [4.78, 5) is 57.9. The lowest BCUT2D eigenvalue weighted by molar-refractivity contribution is -0.130. The number of amides is 3. The Hall–Kier alpha value is -5.57. The normalized spacial score (nSPS) is 10.8. The highest BCUT2D eigenvalue weighted by molar-refractivity contribution is 6.12. The Morgan fingerprint density at radius 3 is 2.31 bits per heavy atom. The van der Waals surface area contributed by atoms with Crippen LogP contribution in [0.2, 0.25) is 0 Å². The van der Waals surface area contributed by atoms with Gasteiger partial charge >= 0.3 is 0 Å². The molecule has 0 aliphatic carbocycles. The van der Waals surface area contributed by atoms with Crippen molar-refractivity contribution in [1.82, 2.24) is 9.88 Å². The molecule has 2 heterocycles. The largest absolute Gasteiger partial charge is 0.451 e. The molecule has 45 heavy (non-hydrogen) atoms. The van der Waals surface area contributed by atoms with Gasteiger partial charge in [0.05, 0.1) is 23.1 Å². The van der Waals surface area contributed by atoms with Crippen LogP contribution in [0.25, 0.3) is 11.0 Å². The number of likely N-dealkylation sites (N-methyl/N-ethyl adjacent to an activating group) is 1. The fourth-order valence-electron chi connectivity index (χ4n) is 4.95. The van der Waals surface area contributed by atoms with Crippen LogP contribution >= 0.6 is 0 Å². The van der Waals surface area contributed by atoms with Gasteiger partial charge in [-0.05, 0) is 92.4 Å². The van der Waals surface area contributed by atoms with Gasteiger partial charge < -0.3 is 20.0 Å². The summed E-state index contributed by atoms with van der Waals surface area (Å²) in [5, 5.41) is 6.03. The van der Waals surface area contributed by atoms with Gasteiger partial charge in [-0.15, -0.1) is 0 Å². The molecule has 0 atom stereocenters. The van der Waals surface area contributed by atoms with E-state index in [2.05, 4.69) is 15.6 Å². The summed E-state index contributed by atoms with van der Waals surface area (Å²) in [6.07, 6.45) is 2.61. The van der Waals surface area contributed by atoms with Crippen LogP contribution in [0, 0.1) is 13.8 Å². The lowest BCUT2D eigenvalue weighted by atomic mass is 10.0. The van der Waals surface area contributed by atoms with Crippen LogP contribution < -0.4 is 16.1 Å². The summed E-state index contributed by atoms with van der Waals surface area (Å²) < 4.78 is 5.68. The number of para-hydroxylation sites is 1. The maximum absolute atomic E-state index is 13.4. The van der Waals surface area contributed by atoms with E-state index in [0.29, 0.717) is 41.9 Å². The van der Waals surface area contributed by atoms with E-state index in [9.17, 15) is 19.2 Å². The smallest absolute Gasteiger partial charge is 0.291 e. The summed E-state index contributed by atoms with van der Waals surface area (Å²) in [5.74, 6) is -1.17. The van der Waals surface area contributed by atoms with E-state index in [1.807, 2.05) is 68.1 Å². The van der Waals surface area contributed by atoms with E-state index in [-0.39, 0.29) is 29.1 Å². The monoisotopic (exact) mass is 602 g/mol. The van der Waals surface area contributed by atoms with Crippen molar-refractivity contribution in [1.29, 1.82) is 0 Å². The van der Waals surface area contributed by atoms with E-state index in [1.165, 1.54) is 0 Å². The van der Waals surface area contributed by atoms with E-state index in [1.54, 1.807) is 42.6 Å². The molecule has 0 fully saturated rings. The fraction of sp³-hybridized carbons (Fsp3) is 0.194. The molecule has 0 saturated carbocycles. The molecule has 9 nitrogen and oxygen atoms in total. The number of carbonyl (C=O) groups is 3. The molecule has 9 heteroatoms. The standard InChI is InChI=1S/C36H34N4O5/c1-4-40(34(42)21-27-9-7-8-17-37-27)18-16-25-12-14-26(15-13-25)38-35(43)29-19-23(2)24(3)20-30(29)39-36(44)33-22-31(41)28-10-5-6-11-32(28)45-33/h5-15,17,19-20,22H,4,16,18,21H2,1-3H3,(H,38,43)(H,39,44). The van der Waals surface area contributed by atoms with Crippen molar-refractivity contribution in [3.63, 3.8) is 0 Å². The number of nitrogens with one attached hydrogen (secondary N) is 2. The summed E-state index contributed by atoms with van der Waals surface area (Å²) in [6, 6.07) is 24.3. The highest BCUT2D eigenvalue weighted by Gasteiger charge is 2.19. The number of hydrogen-bond acceptors (Lipinski definition) is 6. The Morgan fingerprint density at radius 2 is 1.58 bits per heavy atom. The average molecular weight is 603 g/mol. The lowest BCUT2D eigenvalue weighted by Gasteiger charge is -2.21. The van der Waals surface area contributed by atoms with Gasteiger partial charge in [-0.2, -0.15) is 0 Å². The quantitative estimate of drug-likeness (QED) is 0.204. The molecule has 0 unspecified atom stereocenters. The Morgan fingerprint density at radius 1 is 0.844 bits per heavy atom. The van der Waals surface area contributed by atoms with Crippen molar-refractivity contribution in [3.8, 4) is 0 Å². The van der Waals surface area contributed by atoms with E-state index < -0.39 is 11.8 Å². The number of aromatic nitrogens is 1. The Labute approximate surface area is 260 Å². The molecular weight excluding hydrogens is 568 g/mol. The van der Waals surface area contributed by atoms with Gasteiger partial charge in [0, 0.05) is 36.7 Å². The van der Waals surface area contributed by atoms with Crippen LogP contribution in [0.15, 0.2) is 100 Å². The number of nitrogens with zero attached hydrogens (tertiary/aromatic N) is 2. The number of hydrogen-bond donors (Lipinski definition) is 2. The van der Waals surface area contributed by atoms with Crippen molar-refractivity contribution >= 4 is 40.1 Å². The van der Waals surface area contributed by atoms with Crippen molar-refractivity contribution < 1.29 is 18.8 Å². The van der Waals surface area contributed by atoms with Gasteiger partial charge in [-0.3, -0.25) is 24.2 Å². The summed E-state index contributed by atoms with van der Waals surface area (Å²) in [5.41, 5.74) is 4.64. The van der Waals surface area contributed by atoms with Gasteiger partial charge in [0.1, 0.15) is 5.58 Å². The third-order valence-electron chi connectivity index (χ3n) is 7.66. The van der Waals surface area contributed by atoms with Crippen molar-refractivity contribution in [2.24, 2.45) is 0 Å². The van der Waals surface area contributed by atoms with Crippen LogP contribution in [-0.2, 0) is 17.6 Å². The molecule has 0 aliphatic heterocycles. The molecule has 0 radical (unpaired) electrons. The van der Waals surface area contributed by atoms with E-state index >= 15 is 0 Å². The number of anilines is 2. The Balaban J connectivity index is 1.25. The maximum atomic E-state index is 13.4.